The summed E-state index contributed by atoms with van der Waals surface area (Å²) in [7, 11) is 0. The van der Waals surface area contributed by atoms with Gasteiger partial charge in [0.25, 0.3) is 0 Å². The molecule has 0 saturated carbocycles. The summed E-state index contributed by atoms with van der Waals surface area (Å²) < 4.78 is 5.49. The number of amides is 1. The molecule has 1 aliphatic heterocycles. The van der Waals surface area contributed by atoms with Crippen molar-refractivity contribution in [2.24, 2.45) is 11.7 Å². The summed E-state index contributed by atoms with van der Waals surface area (Å²) in [6.45, 7) is 6.55. The summed E-state index contributed by atoms with van der Waals surface area (Å²) >= 11 is 0. The fourth-order valence-corrected chi connectivity index (χ4v) is 1.60. The maximum Gasteiger partial charge on any atom is 0.220 e. The van der Waals surface area contributed by atoms with E-state index in [0.29, 0.717) is 6.73 Å². The van der Waals surface area contributed by atoms with Crippen LogP contribution in [0, 0.1) is 5.92 Å². The predicted octanol–water partition coefficient (Wildman–Crippen LogP) is 0.566. The summed E-state index contributed by atoms with van der Waals surface area (Å²) in [4.78, 5) is 13.1. The Hall–Kier alpha value is -0.610. The van der Waals surface area contributed by atoms with Gasteiger partial charge in [0.2, 0.25) is 5.91 Å². The molecule has 2 N–H and O–H groups in total. The molecule has 1 saturated heterocycles. The second-order valence-electron chi connectivity index (χ2n) is 4.14. The molecular weight excluding hydrogens is 180 g/mol. The van der Waals surface area contributed by atoms with E-state index < -0.39 is 0 Å². The highest BCUT2D eigenvalue weighted by atomic mass is 16.5. The molecule has 82 valence electrons. The number of nitrogens with zero attached hydrogens (tertiary/aromatic N) is 1. The second kappa shape index (κ2) is 5.32. The smallest absolute Gasteiger partial charge is 0.220 e. The Labute approximate surface area is 85.4 Å². The van der Waals surface area contributed by atoms with Gasteiger partial charge >= 0.3 is 0 Å². The number of hydrogen-bond acceptors (Lipinski definition) is 3. The molecule has 1 aliphatic rings. The lowest BCUT2D eigenvalue weighted by Gasteiger charge is -2.30. The number of nitrogens with two attached hydrogens (primary N) is 1. The van der Waals surface area contributed by atoms with Crippen LogP contribution >= 0.6 is 0 Å². The number of primary amides is 1. The first kappa shape index (κ1) is 11.5. The molecule has 0 bridgehead atoms. The third kappa shape index (κ3) is 3.64. The van der Waals surface area contributed by atoms with Crippen molar-refractivity contribution in [2.75, 3.05) is 19.8 Å². The topological polar surface area (TPSA) is 55.6 Å². The standard InChI is InChI=1S/C10H20N2O2/c1-8(2)14-7-12-5-3-9(4-6-12)10(11)13/h8-9H,3-7H2,1-2H3,(H2,11,13). The minimum Gasteiger partial charge on any atom is -0.369 e. The van der Waals surface area contributed by atoms with Crippen LogP contribution in [0.2, 0.25) is 0 Å². The Morgan fingerprint density at radius 1 is 1.50 bits per heavy atom. The van der Waals surface area contributed by atoms with Crippen LogP contribution in [-0.4, -0.2) is 36.7 Å². The van der Waals surface area contributed by atoms with Gasteiger partial charge in [0.1, 0.15) is 0 Å². The molecule has 0 radical (unpaired) electrons. The van der Waals surface area contributed by atoms with E-state index in [0.717, 1.165) is 25.9 Å². The molecule has 1 rings (SSSR count). The number of rotatable bonds is 4. The van der Waals surface area contributed by atoms with E-state index in [-0.39, 0.29) is 17.9 Å². The molecule has 0 atom stereocenters. The van der Waals surface area contributed by atoms with Gasteiger partial charge in [-0.1, -0.05) is 0 Å². The van der Waals surface area contributed by atoms with Gasteiger partial charge in [0, 0.05) is 19.0 Å². The molecule has 4 nitrogen and oxygen atoms in total. The molecule has 4 heteroatoms. The maximum atomic E-state index is 10.9. The zero-order valence-electron chi connectivity index (χ0n) is 9.03. The number of hydrogen-bond donors (Lipinski definition) is 1. The van der Waals surface area contributed by atoms with Gasteiger partial charge in [-0.15, -0.1) is 0 Å². The van der Waals surface area contributed by atoms with Crippen molar-refractivity contribution in [3.05, 3.63) is 0 Å². The first-order chi connectivity index (χ1) is 6.59. The minimum absolute atomic E-state index is 0.0744. The van der Waals surface area contributed by atoms with Gasteiger partial charge in [-0.3, -0.25) is 9.69 Å². The first-order valence-electron chi connectivity index (χ1n) is 5.23. The molecule has 1 heterocycles. The molecule has 1 fully saturated rings. The van der Waals surface area contributed by atoms with Crippen LogP contribution in [0.25, 0.3) is 0 Å². The van der Waals surface area contributed by atoms with Gasteiger partial charge in [-0.05, 0) is 26.7 Å². The highest BCUT2D eigenvalue weighted by Gasteiger charge is 2.22. The Balaban J connectivity index is 2.19. The largest absolute Gasteiger partial charge is 0.369 e. The molecule has 1 amide bonds. The average molecular weight is 200 g/mol. The van der Waals surface area contributed by atoms with E-state index in [2.05, 4.69) is 4.90 Å². The third-order valence-electron chi connectivity index (χ3n) is 2.58. The van der Waals surface area contributed by atoms with Gasteiger partial charge in [0.15, 0.2) is 0 Å². The molecule has 14 heavy (non-hydrogen) atoms. The van der Waals surface area contributed by atoms with Gasteiger partial charge in [-0.25, -0.2) is 0 Å². The molecule has 0 spiro atoms. The normalized spacial score (nSPS) is 20.2. The SMILES string of the molecule is CC(C)OCN1CCC(C(N)=O)CC1. The van der Waals surface area contributed by atoms with Crippen molar-refractivity contribution >= 4 is 5.91 Å². The number of carbonyl (C=O) groups excluding carboxylic acids is 1. The summed E-state index contributed by atoms with van der Waals surface area (Å²) in [5.41, 5.74) is 5.25. The molecule has 0 aromatic rings. The van der Waals surface area contributed by atoms with E-state index in [4.69, 9.17) is 10.5 Å². The number of carbonyl (C=O) groups is 1. The van der Waals surface area contributed by atoms with Crippen LogP contribution in [0.3, 0.4) is 0 Å². The van der Waals surface area contributed by atoms with E-state index in [1.807, 2.05) is 13.8 Å². The van der Waals surface area contributed by atoms with Gasteiger partial charge < -0.3 is 10.5 Å². The molecule has 0 unspecified atom stereocenters. The molecular formula is C10H20N2O2. The Bertz CT molecular complexity index is 187. The van der Waals surface area contributed by atoms with Crippen molar-refractivity contribution in [3.63, 3.8) is 0 Å². The number of ether oxygens (including phenoxy) is 1. The van der Waals surface area contributed by atoms with Gasteiger partial charge in [-0.2, -0.15) is 0 Å². The van der Waals surface area contributed by atoms with E-state index in [9.17, 15) is 4.79 Å². The summed E-state index contributed by atoms with van der Waals surface area (Å²) in [5.74, 6) is -0.0836. The number of piperidine rings is 1. The van der Waals surface area contributed by atoms with Crippen molar-refractivity contribution < 1.29 is 9.53 Å². The summed E-state index contributed by atoms with van der Waals surface area (Å²) in [6, 6.07) is 0. The van der Waals surface area contributed by atoms with Crippen LogP contribution in [0.15, 0.2) is 0 Å². The molecule has 0 aromatic carbocycles. The third-order valence-corrected chi connectivity index (χ3v) is 2.58. The Morgan fingerprint density at radius 3 is 2.50 bits per heavy atom. The van der Waals surface area contributed by atoms with E-state index in [1.54, 1.807) is 0 Å². The quantitative estimate of drug-likeness (QED) is 0.721. The van der Waals surface area contributed by atoms with E-state index in [1.165, 1.54) is 0 Å². The van der Waals surface area contributed by atoms with E-state index >= 15 is 0 Å². The Morgan fingerprint density at radius 2 is 2.07 bits per heavy atom. The van der Waals surface area contributed by atoms with Crippen molar-refractivity contribution in [2.45, 2.75) is 32.8 Å². The molecule has 0 aliphatic carbocycles. The maximum absolute atomic E-state index is 10.9. The number of likely N-dealkylation sites (tertiary alicyclic amines) is 1. The van der Waals surface area contributed by atoms with Crippen molar-refractivity contribution in [1.29, 1.82) is 0 Å². The monoisotopic (exact) mass is 200 g/mol. The fraction of sp³-hybridized carbons (Fsp3) is 0.900. The zero-order chi connectivity index (χ0) is 10.6. The highest BCUT2D eigenvalue weighted by molar-refractivity contribution is 5.76. The first-order valence-corrected chi connectivity index (χ1v) is 5.23. The van der Waals surface area contributed by atoms with Gasteiger partial charge in [0.05, 0.1) is 12.8 Å². The lowest BCUT2D eigenvalue weighted by molar-refractivity contribution is -0.124. The van der Waals surface area contributed by atoms with Crippen LogP contribution in [-0.2, 0) is 9.53 Å². The summed E-state index contributed by atoms with van der Waals surface area (Å²) in [6.07, 6.45) is 2.01. The van der Waals surface area contributed by atoms with Crippen LogP contribution in [0.1, 0.15) is 26.7 Å². The average Bonchev–Trinajstić information content (AvgIpc) is 2.15. The van der Waals surface area contributed by atoms with Crippen LogP contribution in [0.4, 0.5) is 0 Å². The second-order valence-corrected chi connectivity index (χ2v) is 4.14. The predicted molar refractivity (Wildman–Crippen MR) is 54.6 cm³/mol. The minimum atomic E-state index is -0.158. The lowest BCUT2D eigenvalue weighted by Crippen LogP contribution is -2.39. The summed E-state index contributed by atoms with van der Waals surface area (Å²) in [5, 5.41) is 0. The van der Waals surface area contributed by atoms with Crippen LogP contribution in [0.5, 0.6) is 0 Å². The lowest BCUT2D eigenvalue weighted by atomic mass is 9.97. The highest BCUT2D eigenvalue weighted by Crippen LogP contribution is 2.16. The zero-order valence-corrected chi connectivity index (χ0v) is 9.03. The fourth-order valence-electron chi connectivity index (χ4n) is 1.60. The van der Waals surface area contributed by atoms with Crippen LogP contribution < -0.4 is 5.73 Å². The van der Waals surface area contributed by atoms with Crippen molar-refractivity contribution in [3.8, 4) is 0 Å². The molecule has 0 aromatic heterocycles. The van der Waals surface area contributed by atoms with Crippen molar-refractivity contribution in [1.82, 2.24) is 4.90 Å². The Kier molecular flexibility index (Phi) is 4.35.